The van der Waals surface area contributed by atoms with Crippen LogP contribution in [0.4, 0.5) is 17.6 Å². The number of hydrogen-bond donors (Lipinski definition) is 2. The number of piperazine rings is 1. The maximum absolute atomic E-state index is 13.4. The lowest BCUT2D eigenvalue weighted by atomic mass is 9.98. The Bertz CT molecular complexity index is 478. The lowest BCUT2D eigenvalue weighted by molar-refractivity contribution is -0.138. The fourth-order valence-electron chi connectivity index (χ4n) is 2.62. The van der Waals surface area contributed by atoms with E-state index in [9.17, 15) is 22.7 Å². The van der Waals surface area contributed by atoms with Crippen LogP contribution < -0.4 is 5.32 Å². The highest BCUT2D eigenvalue weighted by molar-refractivity contribution is 5.85. The number of benzene rings is 1. The first-order chi connectivity index (χ1) is 9.87. The molecule has 0 amide bonds. The molecule has 8 heteroatoms. The van der Waals surface area contributed by atoms with E-state index in [1.165, 1.54) is 6.07 Å². The second kappa shape index (κ2) is 7.99. The van der Waals surface area contributed by atoms with Crippen LogP contribution >= 0.6 is 12.4 Å². The van der Waals surface area contributed by atoms with E-state index in [0.717, 1.165) is 12.1 Å². The van der Waals surface area contributed by atoms with E-state index >= 15 is 0 Å². The number of hydrogen-bond acceptors (Lipinski definition) is 3. The summed E-state index contributed by atoms with van der Waals surface area (Å²) in [6.07, 6.45) is -5.42. The smallest absolute Gasteiger partial charge is 0.389 e. The zero-order chi connectivity index (χ0) is 15.5. The Kier molecular flexibility index (Phi) is 6.90. The molecule has 2 N–H and O–H groups in total. The van der Waals surface area contributed by atoms with Crippen molar-refractivity contribution in [3.05, 3.63) is 29.6 Å². The van der Waals surface area contributed by atoms with Gasteiger partial charge in [0.05, 0.1) is 0 Å². The molecule has 2 rings (SSSR count). The standard InChI is InChI=1S/C14H18F4N2O.ClH/c15-10-1-2-13(21)11(9-10)12(3-4-14(16,17)18)20-7-5-19-6-8-20;/h1-2,9,12,19,21H,3-8H2;1H/t12-;/m1./s1. The normalized spacial score (nSPS) is 17.8. The fraction of sp³-hybridized carbons (Fsp3) is 0.571. The van der Waals surface area contributed by atoms with E-state index in [1.54, 1.807) is 0 Å². The Balaban J connectivity index is 0.00000242. The highest BCUT2D eigenvalue weighted by atomic mass is 35.5. The van der Waals surface area contributed by atoms with E-state index in [-0.39, 0.29) is 30.1 Å². The molecule has 1 fully saturated rings. The number of halogens is 5. The summed E-state index contributed by atoms with van der Waals surface area (Å²) in [6, 6.07) is 2.77. The van der Waals surface area contributed by atoms with Crippen LogP contribution in [0.3, 0.4) is 0 Å². The molecular formula is C14H19ClF4N2O. The third kappa shape index (κ3) is 5.30. The van der Waals surface area contributed by atoms with Gasteiger partial charge in [-0.05, 0) is 24.6 Å². The van der Waals surface area contributed by atoms with Gasteiger partial charge in [-0.3, -0.25) is 4.90 Å². The van der Waals surface area contributed by atoms with E-state index < -0.39 is 24.5 Å². The summed E-state index contributed by atoms with van der Waals surface area (Å²) in [5, 5.41) is 13.0. The summed E-state index contributed by atoms with van der Waals surface area (Å²) in [4.78, 5) is 1.86. The molecule has 3 nitrogen and oxygen atoms in total. The van der Waals surface area contributed by atoms with Crippen LogP contribution in [0.1, 0.15) is 24.4 Å². The highest BCUT2D eigenvalue weighted by Crippen LogP contribution is 2.35. The molecule has 0 unspecified atom stereocenters. The van der Waals surface area contributed by atoms with Gasteiger partial charge in [-0.2, -0.15) is 13.2 Å². The average molecular weight is 343 g/mol. The van der Waals surface area contributed by atoms with Gasteiger partial charge in [0.1, 0.15) is 11.6 Å². The number of nitrogens with one attached hydrogen (secondary N) is 1. The number of aromatic hydroxyl groups is 1. The third-order valence-electron chi connectivity index (χ3n) is 3.64. The van der Waals surface area contributed by atoms with E-state index in [0.29, 0.717) is 26.2 Å². The second-order valence-electron chi connectivity index (χ2n) is 5.16. The monoisotopic (exact) mass is 342 g/mol. The first-order valence-electron chi connectivity index (χ1n) is 6.87. The molecule has 0 aromatic heterocycles. The molecule has 126 valence electrons. The molecule has 1 aromatic rings. The lowest BCUT2D eigenvalue weighted by Crippen LogP contribution is -2.45. The number of alkyl halides is 3. The summed E-state index contributed by atoms with van der Waals surface area (Å²) in [5.41, 5.74) is 0.223. The van der Waals surface area contributed by atoms with Crippen molar-refractivity contribution in [2.24, 2.45) is 0 Å². The van der Waals surface area contributed by atoms with Crippen molar-refractivity contribution in [3.8, 4) is 5.75 Å². The van der Waals surface area contributed by atoms with Crippen LogP contribution in [0.25, 0.3) is 0 Å². The summed E-state index contributed by atoms with van der Waals surface area (Å²) in [7, 11) is 0. The van der Waals surface area contributed by atoms with E-state index in [1.807, 2.05) is 4.90 Å². The van der Waals surface area contributed by atoms with Gasteiger partial charge in [0.15, 0.2) is 0 Å². The van der Waals surface area contributed by atoms with Crippen molar-refractivity contribution < 1.29 is 22.7 Å². The Labute approximate surface area is 132 Å². The van der Waals surface area contributed by atoms with Crippen LogP contribution in [-0.2, 0) is 0 Å². The quantitative estimate of drug-likeness (QED) is 0.825. The molecule has 0 saturated carbocycles. The fourth-order valence-corrected chi connectivity index (χ4v) is 2.62. The molecule has 1 aliphatic heterocycles. The maximum atomic E-state index is 13.4. The Hall–Kier alpha value is -1.05. The van der Waals surface area contributed by atoms with E-state index in [2.05, 4.69) is 5.32 Å². The number of nitrogens with zero attached hydrogens (tertiary/aromatic N) is 1. The van der Waals surface area contributed by atoms with Gasteiger partial charge in [0.2, 0.25) is 0 Å². The Morgan fingerprint density at radius 2 is 1.86 bits per heavy atom. The predicted molar refractivity (Wildman–Crippen MR) is 77.8 cm³/mol. The molecule has 22 heavy (non-hydrogen) atoms. The van der Waals surface area contributed by atoms with Crippen LogP contribution in [0.15, 0.2) is 18.2 Å². The van der Waals surface area contributed by atoms with Crippen LogP contribution in [0.5, 0.6) is 5.75 Å². The molecular weight excluding hydrogens is 324 g/mol. The number of rotatable bonds is 4. The highest BCUT2D eigenvalue weighted by Gasteiger charge is 2.32. The minimum atomic E-state index is -4.27. The predicted octanol–water partition coefficient (Wildman–Crippen LogP) is 3.24. The SMILES string of the molecule is Cl.Oc1ccc(F)cc1[C@@H](CCC(F)(F)F)N1CCNCC1. The largest absolute Gasteiger partial charge is 0.508 e. The molecule has 1 heterocycles. The Morgan fingerprint density at radius 3 is 2.45 bits per heavy atom. The van der Waals surface area contributed by atoms with Gasteiger partial charge in [0.25, 0.3) is 0 Å². The van der Waals surface area contributed by atoms with Gasteiger partial charge in [-0.1, -0.05) is 0 Å². The topological polar surface area (TPSA) is 35.5 Å². The van der Waals surface area contributed by atoms with Crippen molar-refractivity contribution >= 4 is 12.4 Å². The number of phenolic OH excluding ortho intramolecular Hbond substituents is 1. The van der Waals surface area contributed by atoms with Crippen LogP contribution in [-0.4, -0.2) is 42.4 Å². The van der Waals surface area contributed by atoms with Crippen molar-refractivity contribution in [1.29, 1.82) is 0 Å². The summed E-state index contributed by atoms with van der Waals surface area (Å²) in [5.74, 6) is -0.725. The van der Waals surface area contributed by atoms with Gasteiger partial charge >= 0.3 is 6.18 Å². The van der Waals surface area contributed by atoms with Crippen molar-refractivity contribution in [3.63, 3.8) is 0 Å². The first kappa shape index (κ1) is 19.0. The molecule has 0 aliphatic carbocycles. The van der Waals surface area contributed by atoms with Gasteiger partial charge in [-0.25, -0.2) is 4.39 Å². The molecule has 1 aromatic carbocycles. The van der Waals surface area contributed by atoms with Crippen molar-refractivity contribution in [2.75, 3.05) is 26.2 Å². The zero-order valence-corrected chi connectivity index (χ0v) is 12.7. The van der Waals surface area contributed by atoms with Gasteiger partial charge in [-0.15, -0.1) is 12.4 Å². The summed E-state index contributed by atoms with van der Waals surface area (Å²) < 4.78 is 50.9. The second-order valence-corrected chi connectivity index (χ2v) is 5.16. The summed E-state index contributed by atoms with van der Waals surface area (Å²) in [6.45, 7) is 2.47. The van der Waals surface area contributed by atoms with E-state index in [4.69, 9.17) is 0 Å². The third-order valence-corrected chi connectivity index (χ3v) is 3.64. The molecule has 1 saturated heterocycles. The first-order valence-corrected chi connectivity index (χ1v) is 6.87. The maximum Gasteiger partial charge on any atom is 0.389 e. The molecule has 1 aliphatic rings. The Morgan fingerprint density at radius 1 is 1.23 bits per heavy atom. The zero-order valence-electron chi connectivity index (χ0n) is 11.9. The van der Waals surface area contributed by atoms with Gasteiger partial charge in [0, 0.05) is 44.2 Å². The molecule has 0 spiro atoms. The average Bonchev–Trinajstić information content (AvgIpc) is 2.43. The van der Waals surface area contributed by atoms with Crippen molar-refractivity contribution in [1.82, 2.24) is 10.2 Å². The number of phenols is 1. The lowest BCUT2D eigenvalue weighted by Gasteiger charge is -2.35. The van der Waals surface area contributed by atoms with Crippen molar-refractivity contribution in [2.45, 2.75) is 25.1 Å². The molecule has 0 radical (unpaired) electrons. The van der Waals surface area contributed by atoms with Gasteiger partial charge < -0.3 is 10.4 Å². The molecule has 1 atom stereocenters. The minimum absolute atomic E-state index is 0. The molecule has 0 bridgehead atoms. The van der Waals surface area contributed by atoms with Crippen LogP contribution in [0.2, 0.25) is 0 Å². The van der Waals surface area contributed by atoms with Crippen LogP contribution in [0, 0.1) is 5.82 Å². The summed E-state index contributed by atoms with van der Waals surface area (Å²) >= 11 is 0. The minimum Gasteiger partial charge on any atom is -0.508 e.